The first-order valence-electron chi connectivity index (χ1n) is 31.0. The van der Waals surface area contributed by atoms with E-state index in [2.05, 4.69) is 41.7 Å². The Labute approximate surface area is 537 Å². The van der Waals surface area contributed by atoms with E-state index >= 15 is 0 Å². The Kier molecular flexibility index (Phi) is 30.2. The first kappa shape index (κ1) is 74.8. The van der Waals surface area contributed by atoms with Crippen molar-refractivity contribution in [3.05, 3.63) is 53.3 Å². The molecular weight excluding hydrogens is 1220 g/mol. The van der Waals surface area contributed by atoms with Gasteiger partial charge in [0.05, 0.1) is 31.7 Å². The van der Waals surface area contributed by atoms with E-state index in [4.69, 9.17) is 5.73 Å². The molecule has 3 heterocycles. The molecule has 0 radical (unpaired) electrons. The average Bonchev–Trinajstić information content (AvgIpc) is 1.69. The fourth-order valence-electron chi connectivity index (χ4n) is 10.7. The fourth-order valence-corrected chi connectivity index (χ4v) is 10.7. The van der Waals surface area contributed by atoms with Crippen LogP contribution in [0.2, 0.25) is 0 Å². The maximum Gasteiger partial charge on any atom is 0.317 e. The number of benzene rings is 2. The molecule has 0 aliphatic carbocycles. The molecule has 33 nitrogen and oxygen atoms in total. The van der Waals surface area contributed by atoms with Crippen molar-refractivity contribution in [2.75, 3.05) is 124 Å². The summed E-state index contributed by atoms with van der Waals surface area (Å²) in [5, 5.41) is 90.8. The first-order valence-corrected chi connectivity index (χ1v) is 31.0. The van der Waals surface area contributed by atoms with Gasteiger partial charge >= 0.3 is 29.8 Å². The third kappa shape index (κ3) is 24.9. The van der Waals surface area contributed by atoms with Crippen molar-refractivity contribution in [1.29, 1.82) is 0 Å². The molecular formula is C60H89N15O18. The van der Waals surface area contributed by atoms with Crippen LogP contribution in [0.1, 0.15) is 99.8 Å². The van der Waals surface area contributed by atoms with Crippen molar-refractivity contribution in [3.8, 4) is 28.6 Å². The molecule has 2 saturated heterocycles. The number of carbonyl (C=O) groups is 11. The third-order valence-corrected chi connectivity index (χ3v) is 15.7. The summed E-state index contributed by atoms with van der Waals surface area (Å²) in [7, 11) is 0. The summed E-state index contributed by atoms with van der Waals surface area (Å²) >= 11 is 0. The van der Waals surface area contributed by atoms with Crippen LogP contribution in [-0.2, 0) is 54.5 Å². The number of aliphatic carboxylic acids is 5. The predicted octanol–water partition coefficient (Wildman–Crippen LogP) is -1.84. The second-order valence-corrected chi connectivity index (χ2v) is 23.2. The van der Waals surface area contributed by atoms with E-state index in [1.54, 1.807) is 49.6 Å². The maximum atomic E-state index is 14.1. The number of hydrogen-bond donors (Lipinski definition) is 13. The molecule has 3 aromatic rings. The van der Waals surface area contributed by atoms with Crippen molar-refractivity contribution in [2.24, 2.45) is 5.73 Å². The number of phenolic OH excluding ortho intramolecular Hbond substituents is 2. The van der Waals surface area contributed by atoms with Crippen LogP contribution >= 0.6 is 0 Å². The number of aromatic nitrogens is 3. The number of nitrogens with two attached hydrogens (primary N) is 1. The molecule has 0 spiro atoms. The lowest BCUT2D eigenvalue weighted by Crippen LogP contribution is -2.57. The average molecular weight is 1310 g/mol. The number of piperazine rings is 1. The van der Waals surface area contributed by atoms with Gasteiger partial charge < -0.3 is 73.0 Å². The van der Waals surface area contributed by atoms with Gasteiger partial charge in [-0.3, -0.25) is 81.8 Å². The molecule has 2 fully saturated rings. The minimum Gasteiger partial charge on any atom is -0.508 e. The van der Waals surface area contributed by atoms with E-state index in [-0.39, 0.29) is 132 Å². The molecule has 1 aromatic heterocycles. The summed E-state index contributed by atoms with van der Waals surface area (Å²) in [5.41, 5.74) is 8.01. The molecule has 33 heteroatoms. The first-order chi connectivity index (χ1) is 44.2. The lowest BCUT2D eigenvalue weighted by atomic mass is 9.98. The summed E-state index contributed by atoms with van der Waals surface area (Å²) in [5.74, 6) is -10.6. The summed E-state index contributed by atoms with van der Waals surface area (Å²) < 4.78 is 1.53. The monoisotopic (exact) mass is 1310 g/mol. The normalized spacial score (nSPS) is 16.0. The van der Waals surface area contributed by atoms with Crippen molar-refractivity contribution in [1.82, 2.24) is 70.7 Å². The summed E-state index contributed by atoms with van der Waals surface area (Å²) in [6.45, 7) is 7.46. The van der Waals surface area contributed by atoms with E-state index in [1.807, 2.05) is 26.0 Å². The van der Waals surface area contributed by atoms with E-state index in [0.717, 1.165) is 5.56 Å². The highest BCUT2D eigenvalue weighted by Gasteiger charge is 2.32. The Morgan fingerprint density at radius 3 is 1.49 bits per heavy atom. The number of carboxylic acids is 5. The molecule has 0 bridgehead atoms. The minimum absolute atomic E-state index is 0.00385. The molecule has 2 aliphatic heterocycles. The molecule has 512 valence electrons. The minimum atomic E-state index is -1.63. The summed E-state index contributed by atoms with van der Waals surface area (Å²) in [4.78, 5) is 151. The predicted molar refractivity (Wildman–Crippen MR) is 333 cm³/mol. The van der Waals surface area contributed by atoms with Gasteiger partial charge in [-0.2, -0.15) is 0 Å². The second kappa shape index (κ2) is 37.6. The van der Waals surface area contributed by atoms with Crippen LogP contribution in [-0.4, -0.2) is 288 Å². The van der Waals surface area contributed by atoms with Crippen molar-refractivity contribution in [2.45, 2.75) is 103 Å². The SMILES string of the molecule is CCNC(=O)c1nnc(-c2cc(C(C)C)c(O)cc2O)n1-c1ccc(CN2CCN(C(=O)CCNC(=O)[C@@H](CCC(=O)O)NC(=O)[C@@H](CCC(=O)O)NC(=O)[C@@H](CCCCN)NC(=O)CN3CCN(CC(=O)O)CCN(CC(=O)O)CCN(CC(=O)O)CC3)CC2)cc1. The zero-order chi connectivity index (χ0) is 68.3. The summed E-state index contributed by atoms with van der Waals surface area (Å²) in [6.07, 6.45) is -1.63. The van der Waals surface area contributed by atoms with Gasteiger partial charge in [-0.25, -0.2) is 0 Å². The van der Waals surface area contributed by atoms with Crippen LogP contribution in [0, 0.1) is 0 Å². The molecule has 5 rings (SSSR count). The topological polar surface area (TPSA) is 466 Å². The van der Waals surface area contributed by atoms with Crippen LogP contribution in [0.3, 0.4) is 0 Å². The number of aromatic hydroxyl groups is 2. The zero-order valence-corrected chi connectivity index (χ0v) is 52.8. The van der Waals surface area contributed by atoms with Gasteiger partial charge in [0, 0.05) is 129 Å². The third-order valence-electron chi connectivity index (χ3n) is 15.7. The molecule has 3 atom stereocenters. The Balaban J connectivity index is 1.19. The maximum absolute atomic E-state index is 14.1. The van der Waals surface area contributed by atoms with Crippen molar-refractivity contribution < 1.29 is 88.5 Å². The molecule has 14 N–H and O–H groups in total. The van der Waals surface area contributed by atoms with E-state index in [1.165, 1.54) is 10.6 Å². The highest BCUT2D eigenvalue weighted by Crippen LogP contribution is 2.38. The van der Waals surface area contributed by atoms with Gasteiger partial charge in [-0.05, 0) is 80.8 Å². The van der Waals surface area contributed by atoms with Crippen LogP contribution in [0.5, 0.6) is 11.5 Å². The van der Waals surface area contributed by atoms with Crippen LogP contribution < -0.4 is 32.3 Å². The molecule has 6 amide bonds. The van der Waals surface area contributed by atoms with E-state index in [0.29, 0.717) is 63.4 Å². The lowest BCUT2D eigenvalue weighted by molar-refractivity contribution is -0.140. The van der Waals surface area contributed by atoms with Crippen molar-refractivity contribution in [3.63, 3.8) is 0 Å². The number of amides is 6. The number of carboxylic acid groups (broad SMARTS) is 5. The standard InChI is InChI=1S/C60H89N15O18/c1-4-62-60(93)56-68-67-55(42-31-41(38(2)3)46(76)32-47(42)77)75(56)40-10-8-39(9-11-40)33-69-27-29-74(30-28-69)49(79)16-18-63-57(90)44(12-14-50(80)81)65-59(92)45(13-15-51(82)83)66-58(91)43(7-5-6-17-61)64-48(78)34-70-19-21-71(35-52(84)85)23-25-73(37-54(88)89)26-24-72(22-20-70)36-53(86)87/h8-11,31-32,38,43-45,76-77H,4-7,12-30,33-37,61H2,1-3H3,(H,62,93)(H,63,90)(H,64,78)(H,65,92)(H,66,91)(H,80,81)(H,82,83)(H,84,85)(H,86,87)(H,88,89)/t43-,44-,45-/m1/s1. The molecule has 2 aliphatic rings. The molecule has 2 aromatic carbocycles. The highest BCUT2D eigenvalue weighted by atomic mass is 16.4. The smallest absolute Gasteiger partial charge is 0.317 e. The number of carbonyl (C=O) groups excluding carboxylic acids is 6. The quantitative estimate of drug-likeness (QED) is 0.0292. The summed E-state index contributed by atoms with van der Waals surface area (Å²) in [6, 6.07) is 5.69. The van der Waals surface area contributed by atoms with Crippen LogP contribution in [0.15, 0.2) is 36.4 Å². The van der Waals surface area contributed by atoms with Gasteiger partial charge in [0.25, 0.3) is 5.91 Å². The van der Waals surface area contributed by atoms with Crippen molar-refractivity contribution >= 4 is 65.3 Å². The Hall–Kier alpha value is -8.89. The number of nitrogens with zero attached hydrogens (tertiary/aromatic N) is 9. The van der Waals surface area contributed by atoms with Gasteiger partial charge in [0.1, 0.15) is 29.6 Å². The Morgan fingerprint density at radius 1 is 0.538 bits per heavy atom. The number of hydrogen-bond acceptors (Lipinski definition) is 21. The van der Waals surface area contributed by atoms with E-state index < -0.39 is 116 Å². The number of unbranched alkanes of at least 4 members (excludes halogenated alkanes) is 1. The Morgan fingerprint density at radius 2 is 1.02 bits per heavy atom. The second-order valence-electron chi connectivity index (χ2n) is 23.2. The Bertz CT molecular complexity index is 3030. The van der Waals surface area contributed by atoms with Gasteiger partial charge in [0.15, 0.2) is 5.82 Å². The molecule has 0 unspecified atom stereocenters. The number of rotatable bonds is 34. The fraction of sp³-hybridized carbons (Fsp3) is 0.583. The van der Waals surface area contributed by atoms with E-state index in [9.17, 15) is 88.5 Å². The van der Waals surface area contributed by atoms with Gasteiger partial charge in [0.2, 0.25) is 35.4 Å². The largest absolute Gasteiger partial charge is 0.508 e. The number of nitrogens with one attached hydrogen (secondary N) is 5. The van der Waals surface area contributed by atoms with Gasteiger partial charge in [-0.15, -0.1) is 10.2 Å². The zero-order valence-electron chi connectivity index (χ0n) is 52.8. The van der Waals surface area contributed by atoms with Crippen LogP contribution in [0.4, 0.5) is 0 Å². The molecule has 93 heavy (non-hydrogen) atoms. The highest BCUT2D eigenvalue weighted by molar-refractivity contribution is 5.95. The lowest BCUT2D eigenvalue weighted by Gasteiger charge is -2.35. The number of phenols is 2. The van der Waals surface area contributed by atoms with Crippen LogP contribution in [0.25, 0.3) is 17.1 Å². The molecule has 0 saturated carbocycles. The van der Waals surface area contributed by atoms with Gasteiger partial charge in [-0.1, -0.05) is 26.0 Å².